The third-order valence-corrected chi connectivity index (χ3v) is 2.40. The number of nitrogens with zero attached hydrogens (tertiary/aromatic N) is 1. The van der Waals surface area contributed by atoms with Gasteiger partial charge >= 0.3 is 6.09 Å². The molecule has 0 spiro atoms. The van der Waals surface area contributed by atoms with Crippen molar-refractivity contribution < 1.29 is 14.7 Å². The Balaban J connectivity index is 2.46. The van der Waals surface area contributed by atoms with Crippen molar-refractivity contribution in [2.75, 3.05) is 26.0 Å². The van der Waals surface area contributed by atoms with Gasteiger partial charge in [-0.3, -0.25) is 4.79 Å². The predicted octanol–water partition coefficient (Wildman–Crippen LogP) is 1.51. The first kappa shape index (κ1) is 15.7. The summed E-state index contributed by atoms with van der Waals surface area (Å²) in [5, 5.41) is 13.5. The fourth-order valence-electron chi connectivity index (χ4n) is 1.44. The van der Waals surface area contributed by atoms with Gasteiger partial charge in [-0.05, 0) is 31.8 Å². The van der Waals surface area contributed by atoms with Gasteiger partial charge in [-0.15, -0.1) is 0 Å². The number of carboxylic acid groups (broad SMARTS) is 1. The van der Waals surface area contributed by atoms with E-state index >= 15 is 0 Å². The second-order valence-electron chi connectivity index (χ2n) is 4.51. The van der Waals surface area contributed by atoms with E-state index in [1.165, 1.54) is 6.08 Å². The molecule has 0 fully saturated rings. The minimum absolute atomic E-state index is 0.191. The zero-order chi connectivity index (χ0) is 15.0. The number of hydrogen-bond donors (Lipinski definition) is 3. The molecule has 0 aromatic heterocycles. The topological polar surface area (TPSA) is 81.7 Å². The summed E-state index contributed by atoms with van der Waals surface area (Å²) in [7, 11) is 3.85. The molecule has 0 aliphatic rings. The normalized spacial score (nSPS) is 10.8. The minimum Gasteiger partial charge on any atom is -0.465 e. The van der Waals surface area contributed by atoms with Gasteiger partial charge in [0.25, 0.3) is 0 Å². The molecule has 0 bridgehead atoms. The van der Waals surface area contributed by atoms with Gasteiger partial charge in [-0.25, -0.2) is 4.79 Å². The van der Waals surface area contributed by atoms with Crippen molar-refractivity contribution >= 4 is 17.7 Å². The Morgan fingerprint density at radius 1 is 1.25 bits per heavy atom. The lowest BCUT2D eigenvalue weighted by atomic mass is 10.2. The number of carbonyl (C=O) groups excluding carboxylic acids is 1. The first-order valence-corrected chi connectivity index (χ1v) is 6.15. The maximum Gasteiger partial charge on any atom is 0.404 e. The van der Waals surface area contributed by atoms with Gasteiger partial charge in [0, 0.05) is 24.9 Å². The molecular weight excluding hydrogens is 258 g/mol. The molecule has 6 nitrogen and oxygen atoms in total. The molecular formula is C14H19N3O3. The van der Waals surface area contributed by atoms with Crippen LogP contribution in [0.1, 0.15) is 5.56 Å². The summed E-state index contributed by atoms with van der Waals surface area (Å²) in [6.07, 6.45) is 2.20. The summed E-state index contributed by atoms with van der Waals surface area (Å²) >= 11 is 0. The van der Waals surface area contributed by atoms with E-state index in [9.17, 15) is 9.59 Å². The fourth-order valence-corrected chi connectivity index (χ4v) is 1.44. The second-order valence-corrected chi connectivity index (χ2v) is 4.51. The molecule has 0 radical (unpaired) electrons. The molecule has 2 amide bonds. The van der Waals surface area contributed by atoms with Crippen molar-refractivity contribution in [3.8, 4) is 0 Å². The van der Waals surface area contributed by atoms with Crippen LogP contribution in [0.25, 0.3) is 0 Å². The highest BCUT2D eigenvalue weighted by Crippen LogP contribution is 2.09. The summed E-state index contributed by atoms with van der Waals surface area (Å²) in [6.45, 7) is 0.944. The van der Waals surface area contributed by atoms with Crippen LogP contribution < -0.4 is 10.6 Å². The molecule has 3 N–H and O–H groups in total. The summed E-state index contributed by atoms with van der Waals surface area (Å²) in [5.74, 6) is -0.191. The number of hydrogen-bond acceptors (Lipinski definition) is 3. The van der Waals surface area contributed by atoms with Gasteiger partial charge < -0.3 is 20.6 Å². The number of likely N-dealkylation sites (N-methyl/N-ethyl adjacent to an activating group) is 1. The lowest BCUT2D eigenvalue weighted by Gasteiger charge is -2.06. The Morgan fingerprint density at radius 2 is 1.90 bits per heavy atom. The zero-order valence-corrected chi connectivity index (χ0v) is 11.6. The van der Waals surface area contributed by atoms with Crippen molar-refractivity contribution in [3.63, 3.8) is 0 Å². The van der Waals surface area contributed by atoms with Gasteiger partial charge in [0.05, 0.1) is 0 Å². The average molecular weight is 277 g/mol. The van der Waals surface area contributed by atoms with E-state index in [0.717, 1.165) is 5.56 Å². The standard InChI is InChI=1S/C14H19N3O3/c1-17(2)9-3-4-13(18)16-12-7-5-11(6-8-12)10-15-14(19)20/h3-8,15H,9-10H2,1-2H3,(H,16,18)(H,19,20)/b4-3+. The van der Waals surface area contributed by atoms with Gasteiger partial charge in [0.15, 0.2) is 0 Å². The lowest BCUT2D eigenvalue weighted by molar-refractivity contribution is -0.111. The number of nitrogens with one attached hydrogen (secondary N) is 2. The highest BCUT2D eigenvalue weighted by molar-refractivity contribution is 5.99. The molecule has 1 rings (SSSR count). The maximum absolute atomic E-state index is 11.6. The van der Waals surface area contributed by atoms with E-state index in [4.69, 9.17) is 5.11 Å². The van der Waals surface area contributed by atoms with Crippen LogP contribution in [0.4, 0.5) is 10.5 Å². The Hall–Kier alpha value is -2.34. The Morgan fingerprint density at radius 3 is 2.45 bits per heavy atom. The molecule has 0 unspecified atom stereocenters. The van der Waals surface area contributed by atoms with Crippen LogP contribution in [0.3, 0.4) is 0 Å². The third-order valence-electron chi connectivity index (χ3n) is 2.40. The van der Waals surface area contributed by atoms with Gasteiger partial charge in [0.2, 0.25) is 5.91 Å². The largest absolute Gasteiger partial charge is 0.465 e. The molecule has 1 aromatic rings. The van der Waals surface area contributed by atoms with Crippen molar-refractivity contribution in [3.05, 3.63) is 42.0 Å². The van der Waals surface area contributed by atoms with E-state index < -0.39 is 6.09 Å². The molecule has 6 heteroatoms. The zero-order valence-electron chi connectivity index (χ0n) is 11.6. The second kappa shape index (κ2) is 7.96. The first-order valence-electron chi connectivity index (χ1n) is 6.15. The minimum atomic E-state index is -1.06. The number of rotatable bonds is 6. The average Bonchev–Trinajstić information content (AvgIpc) is 2.37. The highest BCUT2D eigenvalue weighted by atomic mass is 16.4. The summed E-state index contributed by atoms with van der Waals surface area (Å²) in [6, 6.07) is 6.98. The molecule has 20 heavy (non-hydrogen) atoms. The highest BCUT2D eigenvalue weighted by Gasteiger charge is 1.99. The number of anilines is 1. The number of amides is 2. The van der Waals surface area contributed by atoms with Crippen LogP contribution in [0.15, 0.2) is 36.4 Å². The Kier molecular flexibility index (Phi) is 6.25. The van der Waals surface area contributed by atoms with Crippen LogP contribution in [-0.4, -0.2) is 42.6 Å². The summed E-state index contributed by atoms with van der Waals surface area (Å²) in [5.41, 5.74) is 1.50. The number of carbonyl (C=O) groups is 2. The maximum atomic E-state index is 11.6. The van der Waals surface area contributed by atoms with E-state index in [1.54, 1.807) is 30.3 Å². The molecule has 1 aromatic carbocycles. The molecule has 0 aliphatic carbocycles. The van der Waals surface area contributed by atoms with Gasteiger partial charge in [-0.2, -0.15) is 0 Å². The van der Waals surface area contributed by atoms with E-state index in [1.807, 2.05) is 19.0 Å². The third kappa shape index (κ3) is 6.55. The van der Waals surface area contributed by atoms with Crippen molar-refractivity contribution in [2.45, 2.75) is 6.54 Å². The fraction of sp³-hybridized carbons (Fsp3) is 0.286. The quantitative estimate of drug-likeness (QED) is 0.688. The predicted molar refractivity (Wildman–Crippen MR) is 77.6 cm³/mol. The Labute approximate surface area is 118 Å². The molecule has 0 saturated heterocycles. The van der Waals surface area contributed by atoms with E-state index in [2.05, 4.69) is 10.6 Å². The lowest BCUT2D eigenvalue weighted by Crippen LogP contribution is -2.19. The van der Waals surface area contributed by atoms with Crippen LogP contribution in [-0.2, 0) is 11.3 Å². The first-order chi connectivity index (χ1) is 9.47. The monoisotopic (exact) mass is 277 g/mol. The summed E-state index contributed by atoms with van der Waals surface area (Å²) < 4.78 is 0. The van der Waals surface area contributed by atoms with Crippen molar-refractivity contribution in [2.24, 2.45) is 0 Å². The van der Waals surface area contributed by atoms with Crippen LogP contribution in [0.5, 0.6) is 0 Å². The van der Waals surface area contributed by atoms with Crippen LogP contribution >= 0.6 is 0 Å². The van der Waals surface area contributed by atoms with Gasteiger partial charge in [-0.1, -0.05) is 18.2 Å². The molecule has 108 valence electrons. The molecule has 0 heterocycles. The van der Waals surface area contributed by atoms with Crippen molar-refractivity contribution in [1.82, 2.24) is 10.2 Å². The summed E-state index contributed by atoms with van der Waals surface area (Å²) in [4.78, 5) is 23.9. The van der Waals surface area contributed by atoms with E-state index in [-0.39, 0.29) is 12.5 Å². The SMILES string of the molecule is CN(C)C/C=C/C(=O)Nc1ccc(CNC(=O)O)cc1. The van der Waals surface area contributed by atoms with Crippen LogP contribution in [0.2, 0.25) is 0 Å². The van der Waals surface area contributed by atoms with Crippen LogP contribution in [0, 0.1) is 0 Å². The molecule has 0 aliphatic heterocycles. The molecule has 0 saturated carbocycles. The van der Waals surface area contributed by atoms with E-state index in [0.29, 0.717) is 12.2 Å². The van der Waals surface area contributed by atoms with Gasteiger partial charge in [0.1, 0.15) is 0 Å². The smallest absolute Gasteiger partial charge is 0.404 e. The Bertz CT molecular complexity index is 481. The van der Waals surface area contributed by atoms with Crippen molar-refractivity contribution in [1.29, 1.82) is 0 Å². The molecule has 0 atom stereocenters. The number of benzene rings is 1.